The molecule has 12 nitrogen and oxygen atoms in total. The highest BCUT2D eigenvalue weighted by Gasteiger charge is 2.24. The molecule has 27 heavy (non-hydrogen) atoms. The molecule has 0 spiro atoms. The predicted molar refractivity (Wildman–Crippen MR) is 96.0 cm³/mol. The van der Waals surface area contributed by atoms with Crippen LogP contribution >= 0.6 is 0 Å². The normalized spacial score (nSPS) is 11.0. The van der Waals surface area contributed by atoms with Gasteiger partial charge in [-0.1, -0.05) is 0 Å². The number of hydrogen-bond donors (Lipinski definition) is 3. The van der Waals surface area contributed by atoms with Crippen molar-refractivity contribution < 1.29 is 22.7 Å². The Morgan fingerprint density at radius 3 is 2.33 bits per heavy atom. The Bertz CT molecular complexity index is 898. The van der Waals surface area contributed by atoms with E-state index in [-0.39, 0.29) is 28.4 Å². The summed E-state index contributed by atoms with van der Waals surface area (Å²) in [6, 6.07) is 3.38. The van der Waals surface area contributed by atoms with Crippen LogP contribution in [0.3, 0.4) is 0 Å². The molecule has 0 saturated heterocycles. The molecule has 0 radical (unpaired) electrons. The number of anilines is 2. The molecule has 13 heteroatoms. The molecule has 146 valence electrons. The molecule has 0 fully saturated rings. The molecule has 0 saturated carbocycles. The van der Waals surface area contributed by atoms with E-state index < -0.39 is 16.1 Å². The van der Waals surface area contributed by atoms with Crippen molar-refractivity contribution in [2.75, 3.05) is 39.1 Å². The number of pyridine rings is 1. The van der Waals surface area contributed by atoms with Gasteiger partial charge in [-0.3, -0.25) is 5.32 Å². The monoisotopic (exact) mass is 397 g/mol. The van der Waals surface area contributed by atoms with E-state index in [4.69, 9.17) is 9.47 Å². The number of methoxy groups -OCH3 is 2. The molecule has 0 unspecified atom stereocenters. The molecular weight excluding hydrogens is 378 g/mol. The van der Waals surface area contributed by atoms with Gasteiger partial charge in [-0.25, -0.2) is 19.5 Å². The van der Waals surface area contributed by atoms with Gasteiger partial charge in [-0.15, -0.1) is 0 Å². The van der Waals surface area contributed by atoms with Crippen molar-refractivity contribution >= 4 is 27.7 Å². The molecule has 2 amide bonds. The van der Waals surface area contributed by atoms with Crippen molar-refractivity contribution in [1.29, 1.82) is 0 Å². The third kappa shape index (κ3) is 5.39. The number of nitrogens with zero attached hydrogens (tertiary/aromatic N) is 4. The van der Waals surface area contributed by atoms with E-state index in [1.807, 2.05) is 4.72 Å². The average molecular weight is 397 g/mol. The maximum atomic E-state index is 12.5. The number of aromatic nitrogens is 3. The number of hydrogen-bond acceptors (Lipinski definition) is 10. The highest BCUT2D eigenvalue weighted by molar-refractivity contribution is 7.90. The van der Waals surface area contributed by atoms with Crippen molar-refractivity contribution in [3.05, 3.63) is 24.4 Å². The van der Waals surface area contributed by atoms with Crippen LogP contribution in [0.2, 0.25) is 0 Å². The van der Waals surface area contributed by atoms with Crippen LogP contribution in [-0.2, 0) is 10.0 Å². The second-order valence-electron chi connectivity index (χ2n) is 5.20. The molecule has 0 bridgehead atoms. The Morgan fingerprint density at radius 1 is 1.15 bits per heavy atom. The van der Waals surface area contributed by atoms with Gasteiger partial charge >= 0.3 is 6.03 Å². The Morgan fingerprint density at radius 2 is 1.78 bits per heavy atom. The van der Waals surface area contributed by atoms with E-state index in [0.29, 0.717) is 0 Å². The lowest BCUT2D eigenvalue weighted by atomic mass is 10.4. The van der Waals surface area contributed by atoms with Crippen LogP contribution in [0.25, 0.3) is 0 Å². The van der Waals surface area contributed by atoms with Gasteiger partial charge < -0.3 is 14.9 Å². The first-order valence-electron chi connectivity index (χ1n) is 7.45. The Kier molecular flexibility index (Phi) is 6.31. The summed E-state index contributed by atoms with van der Waals surface area (Å²) in [6.45, 7) is 0. The minimum Gasteiger partial charge on any atom is -0.481 e. The third-order valence-electron chi connectivity index (χ3n) is 2.92. The lowest BCUT2D eigenvalue weighted by molar-refractivity contribution is 0.256. The van der Waals surface area contributed by atoms with Crippen LogP contribution < -0.4 is 24.9 Å². The van der Waals surface area contributed by atoms with Crippen molar-refractivity contribution in [2.45, 2.75) is 5.03 Å². The number of sulfonamides is 1. The number of amides is 2. The lowest BCUT2D eigenvalue weighted by Crippen LogP contribution is -2.36. The van der Waals surface area contributed by atoms with Gasteiger partial charge in [0.25, 0.3) is 10.0 Å². The van der Waals surface area contributed by atoms with E-state index in [0.717, 1.165) is 0 Å². The molecule has 0 atom stereocenters. The van der Waals surface area contributed by atoms with Gasteiger partial charge in [0.05, 0.1) is 26.0 Å². The molecular formula is C14H19N7O5S. The van der Waals surface area contributed by atoms with Crippen LogP contribution in [0.5, 0.6) is 11.8 Å². The van der Waals surface area contributed by atoms with Crippen LogP contribution in [0.4, 0.5) is 16.4 Å². The maximum Gasteiger partial charge on any atom is 0.335 e. The zero-order valence-electron chi connectivity index (χ0n) is 15.0. The number of hydrazine groups is 1. The zero-order chi connectivity index (χ0) is 20.0. The predicted octanol–water partition coefficient (Wildman–Crippen LogP) is 0.288. The number of rotatable bonds is 7. The molecule has 2 rings (SSSR count). The van der Waals surface area contributed by atoms with E-state index in [9.17, 15) is 13.2 Å². The molecule has 2 heterocycles. The summed E-state index contributed by atoms with van der Waals surface area (Å²) < 4.78 is 36.8. The topological polar surface area (TPSA) is 148 Å². The van der Waals surface area contributed by atoms with E-state index in [2.05, 4.69) is 25.7 Å². The van der Waals surface area contributed by atoms with E-state index in [1.165, 1.54) is 37.6 Å². The summed E-state index contributed by atoms with van der Waals surface area (Å²) in [5.41, 5.74) is 2.99. The maximum absolute atomic E-state index is 12.5. The average Bonchev–Trinajstić information content (AvgIpc) is 2.60. The second kappa shape index (κ2) is 8.46. The SMILES string of the molecule is COc1cc(OC)nc(NC(=O)NS(=O)(=O)c2ncccc2NN(C)C)n1. The molecule has 2 aromatic rings. The van der Waals surface area contributed by atoms with Crippen molar-refractivity contribution in [3.8, 4) is 11.8 Å². The van der Waals surface area contributed by atoms with E-state index >= 15 is 0 Å². The minimum atomic E-state index is -4.27. The first-order chi connectivity index (χ1) is 12.7. The fourth-order valence-corrected chi connectivity index (χ4v) is 2.89. The van der Waals surface area contributed by atoms with Crippen LogP contribution in [0.1, 0.15) is 0 Å². The first kappa shape index (κ1) is 20.1. The first-order valence-corrected chi connectivity index (χ1v) is 8.93. The molecule has 0 aliphatic heterocycles. The largest absolute Gasteiger partial charge is 0.481 e. The summed E-state index contributed by atoms with van der Waals surface area (Å²) in [4.78, 5) is 23.7. The number of nitrogens with one attached hydrogen (secondary N) is 3. The molecule has 0 aromatic carbocycles. The van der Waals surface area contributed by atoms with Gasteiger partial charge in [0.2, 0.25) is 22.7 Å². The van der Waals surface area contributed by atoms with Crippen LogP contribution in [0, 0.1) is 0 Å². The fraction of sp³-hybridized carbons (Fsp3) is 0.286. The highest BCUT2D eigenvalue weighted by atomic mass is 32.2. The number of carbonyl (C=O) groups excluding carboxylic acids is 1. The standard InChI is InChI=1S/C14H19N7O5S/c1-21(2)19-9-6-5-7-15-12(9)27(23,24)20-14(22)18-13-16-10(25-3)8-11(17-13)26-4/h5-8,19H,1-4H3,(H2,16,17,18,20,22). The van der Waals surface area contributed by atoms with E-state index in [1.54, 1.807) is 20.2 Å². The quantitative estimate of drug-likeness (QED) is 0.557. The fourth-order valence-electron chi connectivity index (χ4n) is 1.90. The van der Waals surface area contributed by atoms with Crippen LogP contribution in [0.15, 0.2) is 29.4 Å². The molecule has 2 aromatic heterocycles. The zero-order valence-corrected chi connectivity index (χ0v) is 15.9. The highest BCUT2D eigenvalue weighted by Crippen LogP contribution is 2.19. The number of carbonyl (C=O) groups is 1. The summed E-state index contributed by atoms with van der Waals surface area (Å²) in [5.74, 6) is 0.0518. The lowest BCUT2D eigenvalue weighted by Gasteiger charge is -2.16. The van der Waals surface area contributed by atoms with Gasteiger partial charge in [-0.05, 0) is 12.1 Å². The summed E-state index contributed by atoms with van der Waals surface area (Å²) >= 11 is 0. The second-order valence-corrected chi connectivity index (χ2v) is 6.80. The Balaban J connectivity index is 2.20. The van der Waals surface area contributed by atoms with Gasteiger partial charge in [-0.2, -0.15) is 18.4 Å². The van der Waals surface area contributed by atoms with Gasteiger partial charge in [0.15, 0.2) is 0 Å². The summed E-state index contributed by atoms with van der Waals surface area (Å²) in [7, 11) is 1.83. The van der Waals surface area contributed by atoms with Gasteiger partial charge in [0, 0.05) is 20.3 Å². The van der Waals surface area contributed by atoms with Crippen molar-refractivity contribution in [2.24, 2.45) is 0 Å². The van der Waals surface area contributed by atoms with Crippen molar-refractivity contribution in [1.82, 2.24) is 24.7 Å². The Labute approximate surface area is 156 Å². The molecule has 0 aliphatic carbocycles. The number of ether oxygens (including phenoxy) is 2. The minimum absolute atomic E-state index is 0.127. The summed E-state index contributed by atoms with van der Waals surface area (Å²) in [6.07, 6.45) is 1.29. The summed E-state index contributed by atoms with van der Waals surface area (Å²) in [5, 5.41) is 3.39. The third-order valence-corrected chi connectivity index (χ3v) is 4.21. The van der Waals surface area contributed by atoms with Crippen LogP contribution in [-0.4, -0.2) is 62.7 Å². The molecule has 3 N–H and O–H groups in total. The Hall–Kier alpha value is -3.19. The smallest absolute Gasteiger partial charge is 0.335 e. The molecule has 0 aliphatic rings. The van der Waals surface area contributed by atoms with Gasteiger partial charge in [0.1, 0.15) is 0 Å². The number of urea groups is 1. The van der Waals surface area contributed by atoms with Crippen molar-refractivity contribution in [3.63, 3.8) is 0 Å².